The molecule has 1 atom stereocenters. The Balaban J connectivity index is 1.23. The number of nitriles is 1. The van der Waals surface area contributed by atoms with Gasteiger partial charge >= 0.3 is 0 Å². The van der Waals surface area contributed by atoms with Crippen LogP contribution >= 0.6 is 0 Å². The van der Waals surface area contributed by atoms with Gasteiger partial charge in [-0.3, -0.25) is 0 Å². The fraction of sp³-hybridized carbons (Fsp3) is 0.400. The fourth-order valence-electron chi connectivity index (χ4n) is 5.13. The summed E-state index contributed by atoms with van der Waals surface area (Å²) in [6, 6.07) is 15.0. The maximum absolute atomic E-state index is 9.23. The van der Waals surface area contributed by atoms with Crippen LogP contribution in [0.5, 0.6) is 11.5 Å². The third kappa shape index (κ3) is 3.53. The van der Waals surface area contributed by atoms with E-state index in [1.807, 2.05) is 36.4 Å². The molecule has 1 unspecified atom stereocenters. The van der Waals surface area contributed by atoms with Crippen LogP contribution in [0.1, 0.15) is 48.3 Å². The van der Waals surface area contributed by atoms with Crippen LogP contribution in [0.2, 0.25) is 0 Å². The standard InChI is InChI=1S/C25H27N3O2/c1-29-24-3-2-4-25-21(24)12-19(15-30-25)28-18-8-6-17(7-9-18)22-14-27-23-10-5-16(13-26)11-20(22)23/h2-5,10-11,14,17-19,27-28H,6-9,12,15H2,1H3. The summed E-state index contributed by atoms with van der Waals surface area (Å²) in [5.41, 5.74) is 4.38. The molecule has 154 valence electrons. The zero-order valence-corrected chi connectivity index (χ0v) is 17.3. The Morgan fingerprint density at radius 3 is 2.80 bits per heavy atom. The number of methoxy groups -OCH3 is 1. The number of benzene rings is 2. The van der Waals surface area contributed by atoms with Crippen molar-refractivity contribution in [2.45, 2.75) is 50.1 Å². The van der Waals surface area contributed by atoms with Gasteiger partial charge in [-0.15, -0.1) is 0 Å². The second-order valence-electron chi connectivity index (χ2n) is 8.48. The molecule has 0 amide bonds. The first-order valence-electron chi connectivity index (χ1n) is 10.8. The van der Waals surface area contributed by atoms with Crippen molar-refractivity contribution in [2.24, 2.45) is 0 Å². The molecule has 2 aromatic carbocycles. The first kappa shape index (κ1) is 19.0. The number of hydrogen-bond acceptors (Lipinski definition) is 4. The van der Waals surface area contributed by atoms with Crippen LogP contribution in [0.15, 0.2) is 42.6 Å². The minimum atomic E-state index is 0.321. The van der Waals surface area contributed by atoms with Gasteiger partial charge in [-0.2, -0.15) is 5.26 Å². The topological polar surface area (TPSA) is 70.1 Å². The van der Waals surface area contributed by atoms with E-state index in [0.29, 0.717) is 24.6 Å². The minimum absolute atomic E-state index is 0.321. The summed E-state index contributed by atoms with van der Waals surface area (Å²) in [6.07, 6.45) is 7.72. The number of nitrogens with one attached hydrogen (secondary N) is 2. The summed E-state index contributed by atoms with van der Waals surface area (Å²) in [5.74, 6) is 2.42. The molecule has 5 heteroatoms. The molecule has 2 aliphatic rings. The normalized spacial score (nSPS) is 23.4. The van der Waals surface area contributed by atoms with Gasteiger partial charge < -0.3 is 19.8 Å². The van der Waals surface area contributed by atoms with Crippen LogP contribution in [-0.2, 0) is 6.42 Å². The van der Waals surface area contributed by atoms with Crippen molar-refractivity contribution in [1.82, 2.24) is 10.3 Å². The molecule has 0 spiro atoms. The zero-order chi connectivity index (χ0) is 20.5. The highest BCUT2D eigenvalue weighted by Crippen LogP contribution is 2.38. The maximum atomic E-state index is 9.23. The molecule has 1 aromatic heterocycles. The number of H-pyrrole nitrogens is 1. The molecular weight excluding hydrogens is 374 g/mol. The molecule has 0 bridgehead atoms. The number of fused-ring (bicyclic) bond motifs is 2. The molecule has 1 aliphatic carbocycles. The molecule has 5 nitrogen and oxygen atoms in total. The summed E-state index contributed by atoms with van der Waals surface area (Å²) < 4.78 is 11.5. The Hall–Kier alpha value is -2.97. The van der Waals surface area contributed by atoms with Crippen LogP contribution in [0, 0.1) is 11.3 Å². The van der Waals surface area contributed by atoms with Crippen molar-refractivity contribution in [3.63, 3.8) is 0 Å². The zero-order valence-electron chi connectivity index (χ0n) is 17.3. The Morgan fingerprint density at radius 1 is 1.13 bits per heavy atom. The van der Waals surface area contributed by atoms with Crippen LogP contribution < -0.4 is 14.8 Å². The van der Waals surface area contributed by atoms with Crippen LogP contribution in [0.3, 0.4) is 0 Å². The van der Waals surface area contributed by atoms with E-state index < -0.39 is 0 Å². The van der Waals surface area contributed by atoms with E-state index in [1.165, 1.54) is 16.5 Å². The lowest BCUT2D eigenvalue weighted by molar-refractivity contribution is 0.209. The average molecular weight is 402 g/mol. The molecule has 3 aromatic rings. The largest absolute Gasteiger partial charge is 0.496 e. The summed E-state index contributed by atoms with van der Waals surface area (Å²) in [6.45, 7) is 0.708. The van der Waals surface area contributed by atoms with E-state index in [1.54, 1.807) is 7.11 Å². The summed E-state index contributed by atoms with van der Waals surface area (Å²) in [5, 5.41) is 14.3. The predicted octanol–water partition coefficient (Wildman–Crippen LogP) is 4.67. The Labute approximate surface area is 177 Å². The van der Waals surface area contributed by atoms with Crippen molar-refractivity contribution in [3.8, 4) is 17.6 Å². The molecule has 0 saturated heterocycles. The second-order valence-corrected chi connectivity index (χ2v) is 8.48. The molecule has 5 rings (SSSR count). The number of nitrogens with zero attached hydrogens (tertiary/aromatic N) is 1. The summed E-state index contributed by atoms with van der Waals surface area (Å²) >= 11 is 0. The highest BCUT2D eigenvalue weighted by atomic mass is 16.5. The molecule has 30 heavy (non-hydrogen) atoms. The van der Waals surface area contributed by atoms with Gasteiger partial charge in [-0.25, -0.2) is 0 Å². The molecule has 1 saturated carbocycles. The second kappa shape index (κ2) is 8.04. The fourth-order valence-corrected chi connectivity index (χ4v) is 5.13. The van der Waals surface area contributed by atoms with E-state index in [0.717, 1.165) is 54.7 Å². The first-order valence-corrected chi connectivity index (χ1v) is 10.8. The van der Waals surface area contributed by atoms with Crippen molar-refractivity contribution >= 4 is 10.9 Å². The van der Waals surface area contributed by atoms with Gasteiger partial charge in [0.15, 0.2) is 0 Å². The molecule has 2 heterocycles. The number of hydrogen-bond donors (Lipinski definition) is 2. The first-order chi connectivity index (χ1) is 14.7. The van der Waals surface area contributed by atoms with Crippen LogP contribution in [0.4, 0.5) is 0 Å². The quantitative estimate of drug-likeness (QED) is 0.667. The summed E-state index contributed by atoms with van der Waals surface area (Å²) in [7, 11) is 1.72. The average Bonchev–Trinajstić information content (AvgIpc) is 3.22. The van der Waals surface area contributed by atoms with Crippen LogP contribution in [-0.4, -0.2) is 30.8 Å². The lowest BCUT2D eigenvalue weighted by Crippen LogP contribution is -2.46. The predicted molar refractivity (Wildman–Crippen MR) is 117 cm³/mol. The van der Waals surface area contributed by atoms with E-state index in [2.05, 4.69) is 22.6 Å². The number of ether oxygens (including phenoxy) is 2. The third-order valence-corrected chi connectivity index (χ3v) is 6.68. The van der Waals surface area contributed by atoms with Gasteiger partial charge in [0.2, 0.25) is 0 Å². The van der Waals surface area contributed by atoms with E-state index in [-0.39, 0.29) is 0 Å². The summed E-state index contributed by atoms with van der Waals surface area (Å²) in [4.78, 5) is 3.38. The molecule has 2 N–H and O–H groups in total. The molecule has 1 aliphatic heterocycles. The van der Waals surface area contributed by atoms with Crippen molar-refractivity contribution in [2.75, 3.05) is 13.7 Å². The van der Waals surface area contributed by atoms with E-state index in [4.69, 9.17) is 9.47 Å². The van der Waals surface area contributed by atoms with Crippen molar-refractivity contribution in [1.29, 1.82) is 5.26 Å². The lowest BCUT2D eigenvalue weighted by Gasteiger charge is -2.34. The SMILES string of the molecule is COc1cccc2c1CC(NC1CCC(c3c[nH]c4ccc(C#N)cc34)CC1)CO2. The van der Waals surface area contributed by atoms with E-state index >= 15 is 0 Å². The molecule has 0 radical (unpaired) electrons. The Kier molecular flexibility index (Phi) is 5.10. The van der Waals surface area contributed by atoms with Gasteiger partial charge in [0.1, 0.15) is 18.1 Å². The highest BCUT2D eigenvalue weighted by Gasteiger charge is 2.28. The number of rotatable bonds is 4. The number of aromatic amines is 1. The van der Waals surface area contributed by atoms with Gasteiger partial charge in [-0.1, -0.05) is 6.07 Å². The van der Waals surface area contributed by atoms with Gasteiger partial charge in [0.05, 0.1) is 18.7 Å². The van der Waals surface area contributed by atoms with E-state index in [9.17, 15) is 5.26 Å². The Morgan fingerprint density at radius 2 is 2.00 bits per heavy atom. The molecule has 1 fully saturated rings. The van der Waals surface area contributed by atoms with Gasteiger partial charge in [0, 0.05) is 34.7 Å². The van der Waals surface area contributed by atoms with Crippen molar-refractivity contribution in [3.05, 3.63) is 59.3 Å². The lowest BCUT2D eigenvalue weighted by atomic mass is 9.81. The third-order valence-electron chi connectivity index (χ3n) is 6.68. The minimum Gasteiger partial charge on any atom is -0.496 e. The van der Waals surface area contributed by atoms with Gasteiger partial charge in [0.25, 0.3) is 0 Å². The van der Waals surface area contributed by atoms with Gasteiger partial charge in [-0.05, 0) is 73.9 Å². The van der Waals surface area contributed by atoms with Crippen LogP contribution in [0.25, 0.3) is 10.9 Å². The Bertz CT molecular complexity index is 1080. The maximum Gasteiger partial charge on any atom is 0.126 e. The van der Waals surface area contributed by atoms with Crippen molar-refractivity contribution < 1.29 is 9.47 Å². The molecular formula is C25H27N3O2. The monoisotopic (exact) mass is 401 g/mol. The highest BCUT2D eigenvalue weighted by molar-refractivity contribution is 5.85. The number of aromatic nitrogens is 1. The smallest absolute Gasteiger partial charge is 0.126 e.